The van der Waals surface area contributed by atoms with Crippen LogP contribution in [0.15, 0.2) is 42.9 Å². The van der Waals surface area contributed by atoms with Crippen molar-refractivity contribution >= 4 is 28.8 Å². The minimum atomic E-state index is -4.67. The number of Topliss-reactive ketones (excluding diaryl/α,β-unsaturated/α-hetero) is 1. The number of nitrogens with zero attached hydrogens (tertiary/aromatic N) is 5. The second-order valence-corrected chi connectivity index (χ2v) is 8.22. The highest BCUT2D eigenvalue weighted by atomic mass is 19.4. The van der Waals surface area contributed by atoms with Crippen molar-refractivity contribution in [1.82, 2.24) is 15.0 Å². The quantitative estimate of drug-likeness (QED) is 0.235. The molecule has 1 N–H and O–H groups in total. The zero-order valence-electron chi connectivity index (χ0n) is 19.0. The smallest absolute Gasteiger partial charge is 0.365 e. The SMILES string of the molecule is [C-]#[N+]c1ccc(N2CCc3c(ncnc3Nc3cc(C(=O)CCC(F)(F)F)ccn3)C2)cc1C(F)(F)F. The van der Waals surface area contributed by atoms with Gasteiger partial charge in [0.25, 0.3) is 0 Å². The molecule has 0 amide bonds. The monoisotopic (exact) mass is 520 g/mol. The predicted octanol–water partition coefficient (Wildman–Crippen LogP) is 6.27. The molecule has 13 heteroatoms. The molecule has 7 nitrogen and oxygen atoms in total. The average molecular weight is 520 g/mol. The van der Waals surface area contributed by atoms with Crippen LogP contribution in [0.5, 0.6) is 0 Å². The van der Waals surface area contributed by atoms with E-state index in [-0.39, 0.29) is 17.9 Å². The van der Waals surface area contributed by atoms with E-state index in [0.717, 1.165) is 12.1 Å². The Morgan fingerprint density at radius 3 is 2.57 bits per heavy atom. The fraction of sp³-hybridized carbons (Fsp3) is 0.292. The normalized spacial score (nSPS) is 13.6. The van der Waals surface area contributed by atoms with Crippen molar-refractivity contribution < 1.29 is 31.1 Å². The first kappa shape index (κ1) is 25.9. The lowest BCUT2D eigenvalue weighted by Crippen LogP contribution is -2.32. The molecule has 37 heavy (non-hydrogen) atoms. The lowest BCUT2D eigenvalue weighted by molar-refractivity contribution is -0.137. The molecule has 4 rings (SSSR count). The zero-order chi connectivity index (χ0) is 26.8. The van der Waals surface area contributed by atoms with Crippen molar-refractivity contribution in [3.05, 3.63) is 76.7 Å². The molecule has 0 unspecified atom stereocenters. The van der Waals surface area contributed by atoms with Gasteiger partial charge in [-0.3, -0.25) is 4.79 Å². The van der Waals surface area contributed by atoms with E-state index in [1.807, 2.05) is 0 Å². The molecule has 0 fully saturated rings. The number of carbonyl (C=O) groups excluding carboxylic acids is 1. The largest absolute Gasteiger partial charge is 0.407 e. The summed E-state index contributed by atoms with van der Waals surface area (Å²) in [7, 11) is 0. The van der Waals surface area contributed by atoms with Gasteiger partial charge in [0, 0.05) is 36.0 Å². The van der Waals surface area contributed by atoms with Gasteiger partial charge in [0.2, 0.25) is 0 Å². The van der Waals surface area contributed by atoms with Crippen LogP contribution in [0.1, 0.15) is 40.0 Å². The van der Waals surface area contributed by atoms with Crippen LogP contribution < -0.4 is 10.2 Å². The number of pyridine rings is 1. The number of benzene rings is 1. The lowest BCUT2D eigenvalue weighted by Gasteiger charge is -2.31. The summed E-state index contributed by atoms with van der Waals surface area (Å²) in [5, 5.41) is 2.96. The first-order chi connectivity index (χ1) is 17.4. The van der Waals surface area contributed by atoms with Crippen LogP contribution in [0.25, 0.3) is 4.85 Å². The Kier molecular flexibility index (Phi) is 7.02. The number of alkyl halides is 6. The maximum absolute atomic E-state index is 13.4. The number of nitrogens with one attached hydrogen (secondary N) is 1. The van der Waals surface area contributed by atoms with Gasteiger partial charge in [-0.05, 0) is 30.7 Å². The molecule has 0 aliphatic carbocycles. The fourth-order valence-electron chi connectivity index (χ4n) is 3.92. The third kappa shape index (κ3) is 6.14. The summed E-state index contributed by atoms with van der Waals surface area (Å²) in [6.07, 6.45) is -8.08. The minimum Gasteiger partial charge on any atom is -0.365 e. The topological polar surface area (TPSA) is 75.4 Å². The van der Waals surface area contributed by atoms with Crippen LogP contribution >= 0.6 is 0 Å². The summed E-state index contributed by atoms with van der Waals surface area (Å²) in [5.41, 5.74) is 0.136. The Balaban J connectivity index is 1.53. The van der Waals surface area contributed by atoms with E-state index in [9.17, 15) is 31.1 Å². The van der Waals surface area contributed by atoms with E-state index in [0.29, 0.717) is 35.7 Å². The first-order valence-electron chi connectivity index (χ1n) is 10.9. The molecule has 2 aromatic heterocycles. The van der Waals surface area contributed by atoms with Crippen LogP contribution in [-0.4, -0.2) is 33.5 Å². The van der Waals surface area contributed by atoms with Crippen LogP contribution in [0.2, 0.25) is 0 Å². The van der Waals surface area contributed by atoms with Crippen molar-refractivity contribution in [1.29, 1.82) is 0 Å². The number of fused-ring (bicyclic) bond motifs is 1. The second kappa shape index (κ2) is 10.0. The van der Waals surface area contributed by atoms with Crippen molar-refractivity contribution in [3.63, 3.8) is 0 Å². The Hall–Kier alpha value is -4.21. The molecule has 3 heterocycles. The Labute approximate surface area is 207 Å². The van der Waals surface area contributed by atoms with Crippen LogP contribution in [0, 0.1) is 6.57 Å². The van der Waals surface area contributed by atoms with E-state index >= 15 is 0 Å². The highest BCUT2D eigenvalue weighted by Crippen LogP contribution is 2.39. The number of hydrogen-bond donors (Lipinski definition) is 1. The third-order valence-electron chi connectivity index (χ3n) is 5.74. The summed E-state index contributed by atoms with van der Waals surface area (Å²) in [4.78, 5) is 29.4. The molecule has 0 spiro atoms. The molecule has 0 atom stereocenters. The second-order valence-electron chi connectivity index (χ2n) is 8.22. The molecular weight excluding hydrogens is 502 g/mol. The molecule has 192 valence electrons. The predicted molar refractivity (Wildman–Crippen MR) is 122 cm³/mol. The summed E-state index contributed by atoms with van der Waals surface area (Å²) in [5.74, 6) is -0.104. The van der Waals surface area contributed by atoms with Gasteiger partial charge in [-0.2, -0.15) is 26.3 Å². The van der Waals surface area contributed by atoms with E-state index in [1.165, 1.54) is 30.7 Å². The fourth-order valence-corrected chi connectivity index (χ4v) is 3.92. The molecule has 1 aromatic carbocycles. The minimum absolute atomic E-state index is 0.0687. The number of rotatable bonds is 6. The van der Waals surface area contributed by atoms with Gasteiger partial charge < -0.3 is 10.2 Å². The Morgan fingerprint density at radius 1 is 1.08 bits per heavy atom. The highest BCUT2D eigenvalue weighted by Gasteiger charge is 2.34. The average Bonchev–Trinajstić information content (AvgIpc) is 2.86. The number of anilines is 3. The van der Waals surface area contributed by atoms with Crippen molar-refractivity contribution in [3.8, 4) is 0 Å². The van der Waals surface area contributed by atoms with Gasteiger partial charge in [-0.1, -0.05) is 6.07 Å². The summed E-state index contributed by atoms with van der Waals surface area (Å²) >= 11 is 0. The molecule has 0 bridgehead atoms. The molecular formula is C24H18F6N6O. The molecule has 3 aromatic rings. The van der Waals surface area contributed by atoms with E-state index in [4.69, 9.17) is 6.57 Å². The van der Waals surface area contributed by atoms with Gasteiger partial charge >= 0.3 is 12.4 Å². The van der Waals surface area contributed by atoms with Crippen LogP contribution in [0.4, 0.5) is 49.4 Å². The highest BCUT2D eigenvalue weighted by molar-refractivity contribution is 5.96. The molecule has 0 saturated carbocycles. The van der Waals surface area contributed by atoms with Gasteiger partial charge in [0.05, 0.1) is 30.8 Å². The van der Waals surface area contributed by atoms with Gasteiger partial charge in [0.1, 0.15) is 18.0 Å². The van der Waals surface area contributed by atoms with E-state index in [1.54, 1.807) is 4.90 Å². The maximum Gasteiger partial charge on any atom is 0.407 e. The zero-order valence-corrected chi connectivity index (χ0v) is 19.0. The summed E-state index contributed by atoms with van der Waals surface area (Å²) in [6.45, 7) is 7.52. The van der Waals surface area contributed by atoms with Crippen LogP contribution in [-0.2, 0) is 19.1 Å². The molecule has 0 saturated heterocycles. The Bertz CT molecular complexity index is 1370. The van der Waals surface area contributed by atoms with E-state index < -0.39 is 42.2 Å². The van der Waals surface area contributed by atoms with Crippen molar-refractivity contribution in [2.75, 3.05) is 16.8 Å². The standard InChI is InChI=1S/C24H18F6N6O/c1-31-18-3-2-15(11-17(18)24(28,29)30)36-9-6-16-19(12-36)33-13-34-22(16)35-21-10-14(5-8-32-21)20(37)4-7-23(25,26)27/h2-3,5,8,10-11,13H,4,6-7,9,12H2,(H,32,33,34,35). The molecule has 1 aliphatic rings. The number of carbonyl (C=O) groups is 1. The van der Waals surface area contributed by atoms with Gasteiger partial charge in [0.15, 0.2) is 11.5 Å². The van der Waals surface area contributed by atoms with Crippen molar-refractivity contribution in [2.45, 2.75) is 38.2 Å². The van der Waals surface area contributed by atoms with Crippen molar-refractivity contribution in [2.24, 2.45) is 0 Å². The number of halogens is 6. The Morgan fingerprint density at radius 2 is 1.86 bits per heavy atom. The number of ketones is 1. The first-order valence-corrected chi connectivity index (χ1v) is 10.9. The molecule has 0 radical (unpaired) electrons. The van der Waals surface area contributed by atoms with Gasteiger partial charge in [-0.15, -0.1) is 0 Å². The summed E-state index contributed by atoms with van der Waals surface area (Å²) < 4.78 is 77.5. The van der Waals surface area contributed by atoms with Gasteiger partial charge in [-0.25, -0.2) is 19.8 Å². The number of aromatic nitrogens is 3. The van der Waals surface area contributed by atoms with E-state index in [2.05, 4.69) is 25.1 Å². The van der Waals surface area contributed by atoms with Crippen LogP contribution in [0.3, 0.4) is 0 Å². The summed E-state index contributed by atoms with van der Waals surface area (Å²) in [6, 6.07) is 6.21. The maximum atomic E-state index is 13.4. The lowest BCUT2D eigenvalue weighted by atomic mass is 10.0. The number of hydrogen-bond acceptors (Lipinski definition) is 6. The third-order valence-corrected chi connectivity index (χ3v) is 5.74. The molecule has 1 aliphatic heterocycles.